The largest absolute Gasteiger partial charge is 0.481 e. The van der Waals surface area contributed by atoms with Crippen LogP contribution in [-0.4, -0.2) is 47.1 Å². The molecular weight excluding hydrogens is 370 g/mol. The molecule has 1 heterocycles. The van der Waals surface area contributed by atoms with Gasteiger partial charge in [-0.25, -0.2) is 0 Å². The van der Waals surface area contributed by atoms with Gasteiger partial charge in [-0.3, -0.25) is 14.4 Å². The quantitative estimate of drug-likeness (QED) is 0.180. The fourth-order valence-corrected chi connectivity index (χ4v) is 3.56. The fraction of sp³-hybridized carbons (Fsp3) is 0.294. The maximum absolute atomic E-state index is 12.2. The van der Waals surface area contributed by atoms with Gasteiger partial charge >= 0.3 is 5.97 Å². The summed E-state index contributed by atoms with van der Waals surface area (Å²) in [5.41, 5.74) is 0.299. The summed E-state index contributed by atoms with van der Waals surface area (Å²) in [6.07, 6.45) is 3.33. The molecule has 0 aromatic heterocycles. The van der Waals surface area contributed by atoms with E-state index in [1.165, 1.54) is 18.1 Å². The molecule has 1 aromatic carbocycles. The van der Waals surface area contributed by atoms with Gasteiger partial charge in [0.05, 0.1) is 12.1 Å². The minimum absolute atomic E-state index is 0.0521. The Morgan fingerprint density at radius 2 is 2.19 bits per heavy atom. The van der Waals surface area contributed by atoms with Crippen molar-refractivity contribution in [2.45, 2.75) is 18.4 Å². The number of aliphatic carboxylic acids is 1. The van der Waals surface area contributed by atoms with E-state index in [9.17, 15) is 14.4 Å². The molecule has 0 spiro atoms. The topological polar surface area (TPSA) is 146 Å². The van der Waals surface area contributed by atoms with Gasteiger partial charge in [-0.15, -0.1) is 11.8 Å². The molecule has 9 nitrogen and oxygen atoms in total. The molecule has 1 unspecified atom stereocenters. The number of carboxylic acids is 1. The van der Waals surface area contributed by atoms with E-state index in [2.05, 4.69) is 21.1 Å². The number of amides is 2. The first-order chi connectivity index (χ1) is 12.9. The van der Waals surface area contributed by atoms with Crippen LogP contribution in [0, 0.1) is 0 Å². The van der Waals surface area contributed by atoms with Gasteiger partial charge in [-0.2, -0.15) is 5.10 Å². The Morgan fingerprint density at radius 1 is 1.37 bits per heavy atom. The van der Waals surface area contributed by atoms with E-state index in [1.54, 1.807) is 30.3 Å². The number of carbonyl (C=O) groups is 3. The monoisotopic (exact) mass is 391 g/mol. The van der Waals surface area contributed by atoms with E-state index in [-0.39, 0.29) is 18.9 Å². The molecule has 0 aliphatic carbocycles. The van der Waals surface area contributed by atoms with Gasteiger partial charge in [0.1, 0.15) is 6.34 Å². The average molecular weight is 391 g/mol. The first kappa shape index (κ1) is 20.3. The van der Waals surface area contributed by atoms with E-state index in [4.69, 9.17) is 10.9 Å². The highest BCUT2D eigenvalue weighted by molar-refractivity contribution is 8.02. The van der Waals surface area contributed by atoms with Crippen LogP contribution in [0.25, 0.3) is 0 Å². The second-order valence-electron chi connectivity index (χ2n) is 5.90. The van der Waals surface area contributed by atoms with Crippen LogP contribution in [0.15, 0.2) is 40.9 Å². The summed E-state index contributed by atoms with van der Waals surface area (Å²) in [5, 5.41) is 22.2. The Balaban J connectivity index is 1.89. The molecule has 27 heavy (non-hydrogen) atoms. The molecular formula is C17H21N5O4S. The van der Waals surface area contributed by atoms with Crippen LogP contribution in [0.3, 0.4) is 0 Å². The first-order valence-corrected chi connectivity index (χ1v) is 9.18. The normalized spacial score (nSPS) is 18.4. The number of hydrogen-bond acceptors (Lipinski definition) is 6. The molecule has 6 N–H and O–H groups in total. The van der Waals surface area contributed by atoms with E-state index >= 15 is 0 Å². The van der Waals surface area contributed by atoms with E-state index in [0.717, 1.165) is 0 Å². The number of carboxylic acid groups (broad SMARTS) is 1. The molecule has 1 atom stereocenters. The molecule has 1 aliphatic rings. The molecule has 1 aliphatic heterocycles. The summed E-state index contributed by atoms with van der Waals surface area (Å²) in [5.74, 6) is 3.87. The van der Waals surface area contributed by atoms with Crippen molar-refractivity contribution in [3.63, 3.8) is 0 Å². The second kappa shape index (κ2) is 9.62. The Labute approximate surface area is 160 Å². The number of hydrazone groups is 1. The zero-order valence-electron chi connectivity index (χ0n) is 14.5. The second-order valence-corrected chi connectivity index (χ2v) is 6.79. The lowest BCUT2D eigenvalue weighted by atomic mass is 9.95. The Bertz CT molecular complexity index is 767. The molecule has 0 fully saturated rings. The van der Waals surface area contributed by atoms with Gasteiger partial charge in [0.15, 0.2) is 0 Å². The van der Waals surface area contributed by atoms with Crippen molar-refractivity contribution in [2.75, 3.05) is 17.6 Å². The maximum atomic E-state index is 12.2. The van der Waals surface area contributed by atoms with E-state index < -0.39 is 17.4 Å². The van der Waals surface area contributed by atoms with Crippen molar-refractivity contribution in [2.24, 2.45) is 10.9 Å². The van der Waals surface area contributed by atoms with Crippen molar-refractivity contribution in [3.05, 3.63) is 41.3 Å². The summed E-state index contributed by atoms with van der Waals surface area (Å²) in [6.45, 7) is -0.214. The summed E-state index contributed by atoms with van der Waals surface area (Å²) in [7, 11) is 0. The number of hydrogen-bond donors (Lipinski definition) is 5. The molecule has 2 amide bonds. The number of thioether (sulfide) groups is 1. The van der Waals surface area contributed by atoms with Crippen LogP contribution >= 0.6 is 11.8 Å². The maximum Gasteiger partial charge on any atom is 0.303 e. The van der Waals surface area contributed by atoms with Crippen LogP contribution in [0.2, 0.25) is 0 Å². The van der Waals surface area contributed by atoms with Crippen LogP contribution in [0.1, 0.15) is 23.2 Å². The number of nitrogens with zero attached hydrogens (tertiary/aromatic N) is 1. The number of nitrogens with two attached hydrogens (primary N) is 1. The molecule has 2 rings (SSSR count). The summed E-state index contributed by atoms with van der Waals surface area (Å²) in [4.78, 5) is 35.3. The van der Waals surface area contributed by atoms with Crippen molar-refractivity contribution in [3.8, 4) is 0 Å². The number of rotatable bonds is 9. The molecule has 144 valence electrons. The lowest BCUT2D eigenvalue weighted by molar-refractivity contribution is -0.137. The van der Waals surface area contributed by atoms with Crippen LogP contribution in [0.5, 0.6) is 0 Å². The Morgan fingerprint density at radius 3 is 2.85 bits per heavy atom. The van der Waals surface area contributed by atoms with Crippen molar-refractivity contribution >= 4 is 41.6 Å². The molecule has 0 saturated carbocycles. The highest BCUT2D eigenvalue weighted by atomic mass is 32.2. The smallest absolute Gasteiger partial charge is 0.303 e. The fourth-order valence-electron chi connectivity index (χ4n) is 2.50. The average Bonchev–Trinajstić information content (AvgIpc) is 3.11. The first-order valence-electron chi connectivity index (χ1n) is 8.13. The predicted octanol–water partition coefficient (Wildman–Crippen LogP) is 0.711. The van der Waals surface area contributed by atoms with Crippen LogP contribution in [-0.2, 0) is 9.59 Å². The van der Waals surface area contributed by atoms with Gasteiger partial charge in [-0.1, -0.05) is 12.1 Å². The van der Waals surface area contributed by atoms with Gasteiger partial charge in [0.2, 0.25) is 5.91 Å². The molecule has 1 aromatic rings. The third-order valence-corrected chi connectivity index (χ3v) is 4.85. The summed E-state index contributed by atoms with van der Waals surface area (Å²) >= 11 is 1.50. The highest BCUT2D eigenvalue weighted by Gasteiger charge is 2.32. The number of nitrogens with one attached hydrogen (secondary N) is 3. The van der Waals surface area contributed by atoms with Gasteiger partial charge in [-0.05, 0) is 30.0 Å². The lowest BCUT2D eigenvalue weighted by Gasteiger charge is -2.27. The minimum Gasteiger partial charge on any atom is -0.481 e. The standard InChI is InChI=1S/C17H21N5O4S/c18-21-11-20-13-3-1-2-12(8-13)16(26)19-9-14(23)22-17(5-4-15(24)25)6-7-27-10-17/h1-3,6-8,11H,4-5,9-10,18H2,(H,19,26)(H,20,21)(H,22,23)(H,24,25). The van der Waals surface area contributed by atoms with Crippen molar-refractivity contribution in [1.82, 2.24) is 10.6 Å². The number of anilines is 1. The SMILES string of the molecule is NN=CNc1cccc(C(=O)NCC(=O)NC2(CCC(=O)O)C=CSC2)c1. The highest BCUT2D eigenvalue weighted by Crippen LogP contribution is 2.28. The van der Waals surface area contributed by atoms with Crippen molar-refractivity contribution in [1.29, 1.82) is 0 Å². The Hall–Kier alpha value is -3.01. The van der Waals surface area contributed by atoms with Gasteiger partial charge < -0.3 is 26.9 Å². The third kappa shape index (κ3) is 6.33. The minimum atomic E-state index is -0.921. The molecule has 0 saturated heterocycles. The zero-order chi connectivity index (χ0) is 19.7. The Kier molecular flexibility index (Phi) is 7.24. The van der Waals surface area contributed by atoms with Crippen LogP contribution < -0.4 is 21.8 Å². The van der Waals surface area contributed by atoms with E-state index in [0.29, 0.717) is 23.4 Å². The zero-order valence-corrected chi connectivity index (χ0v) is 15.3. The molecule has 0 bridgehead atoms. The molecule has 10 heteroatoms. The third-order valence-electron chi connectivity index (χ3n) is 3.84. The van der Waals surface area contributed by atoms with Crippen LogP contribution in [0.4, 0.5) is 5.69 Å². The predicted molar refractivity (Wildman–Crippen MR) is 104 cm³/mol. The number of carbonyl (C=O) groups excluding carboxylic acids is 2. The molecule has 0 radical (unpaired) electrons. The number of benzene rings is 1. The van der Waals surface area contributed by atoms with Gasteiger partial charge in [0.25, 0.3) is 5.91 Å². The lowest BCUT2D eigenvalue weighted by Crippen LogP contribution is -2.51. The van der Waals surface area contributed by atoms with Crippen molar-refractivity contribution < 1.29 is 19.5 Å². The van der Waals surface area contributed by atoms with Gasteiger partial charge in [0, 0.05) is 23.4 Å². The van der Waals surface area contributed by atoms with E-state index in [1.807, 2.05) is 5.41 Å². The summed E-state index contributed by atoms with van der Waals surface area (Å²) < 4.78 is 0. The summed E-state index contributed by atoms with van der Waals surface area (Å²) in [6, 6.07) is 6.63.